The van der Waals surface area contributed by atoms with Gasteiger partial charge < -0.3 is 9.47 Å². The molecule has 0 saturated carbocycles. The lowest BCUT2D eigenvalue weighted by molar-refractivity contribution is -0.148. The normalized spacial score (nSPS) is 12.1. The Morgan fingerprint density at radius 2 is 1.10 bits per heavy atom. The average Bonchev–Trinajstić information content (AvgIpc) is 3.09. The molecule has 0 N–H and O–H groups in total. The van der Waals surface area contributed by atoms with Gasteiger partial charge >= 0.3 is 0 Å². The molecule has 48 heavy (non-hydrogen) atoms. The Morgan fingerprint density at radius 1 is 0.583 bits per heavy atom. The molecule has 0 aliphatic rings. The molecular weight excluding hydrogens is 671 g/mol. The second kappa shape index (κ2) is 23.6. The van der Waals surface area contributed by atoms with Crippen LogP contribution >= 0.6 is 21.5 Å². The first-order valence-electron chi connectivity index (χ1n) is 19.1. The van der Waals surface area contributed by atoms with Crippen molar-refractivity contribution < 1.29 is 9.47 Å². The van der Waals surface area contributed by atoms with Crippen molar-refractivity contribution in [1.82, 2.24) is 0 Å². The highest BCUT2D eigenvalue weighted by molar-refractivity contribution is 9.44. The molecule has 0 aromatic heterocycles. The molecule has 0 amide bonds. The highest BCUT2D eigenvalue weighted by atomic mass is 79.9. The molecule has 264 valence electrons. The summed E-state index contributed by atoms with van der Waals surface area (Å²) in [6.07, 6.45) is 24.0. The standard InChI is InChI=1S/C44H65BrO2P/c1-6-8-10-24-35-46-44(47-36-25-11-9-7-2)34-19-17-15-13-12-14-16-18-29-40-30-26-33-43(39(40)5)48(45,41-31-22-20-27-37(41)3)42-32-23-21-28-38(42)4/h12,14,20-23,26-28,30-33,44H,6-11,13,15-19,24-25,29,34-36H2,1-5H3/q+1/b14-12+. The molecule has 2 nitrogen and oxygen atoms in total. The van der Waals surface area contributed by atoms with Gasteiger partial charge in [-0.05, 0) is 119 Å². The summed E-state index contributed by atoms with van der Waals surface area (Å²) in [6, 6.07) is 24.8. The van der Waals surface area contributed by atoms with Crippen molar-refractivity contribution >= 4 is 37.4 Å². The third kappa shape index (κ3) is 13.2. The van der Waals surface area contributed by atoms with Gasteiger partial charge in [0.15, 0.2) is 27.7 Å². The van der Waals surface area contributed by atoms with Gasteiger partial charge in [-0.3, -0.25) is 0 Å². The zero-order valence-electron chi connectivity index (χ0n) is 31.0. The fourth-order valence-corrected chi connectivity index (χ4v) is 13.5. The first-order valence-corrected chi connectivity index (χ1v) is 22.9. The van der Waals surface area contributed by atoms with E-state index in [1.807, 2.05) is 0 Å². The van der Waals surface area contributed by atoms with Crippen molar-refractivity contribution in [3.8, 4) is 0 Å². The van der Waals surface area contributed by atoms with E-state index in [1.165, 1.54) is 109 Å². The summed E-state index contributed by atoms with van der Waals surface area (Å²) < 4.78 is 12.3. The van der Waals surface area contributed by atoms with E-state index in [4.69, 9.17) is 9.47 Å². The maximum Gasteiger partial charge on any atom is 0.181 e. The summed E-state index contributed by atoms with van der Waals surface area (Å²) in [6.45, 7) is 13.0. The van der Waals surface area contributed by atoms with Crippen LogP contribution in [0.4, 0.5) is 0 Å². The van der Waals surface area contributed by atoms with E-state index in [0.29, 0.717) is 0 Å². The fourth-order valence-electron chi connectivity index (χ4n) is 6.58. The van der Waals surface area contributed by atoms with Gasteiger partial charge in [0.05, 0.1) is 0 Å². The zero-order valence-corrected chi connectivity index (χ0v) is 33.4. The molecule has 0 aliphatic heterocycles. The van der Waals surface area contributed by atoms with Gasteiger partial charge in [-0.2, -0.15) is 0 Å². The molecule has 3 aromatic carbocycles. The molecule has 0 fully saturated rings. The lowest BCUT2D eigenvalue weighted by Gasteiger charge is -2.25. The Kier molecular flexibility index (Phi) is 20.0. The number of benzene rings is 3. The molecule has 3 rings (SSSR count). The molecule has 0 radical (unpaired) electrons. The summed E-state index contributed by atoms with van der Waals surface area (Å²) in [5.41, 5.74) is 5.60. The monoisotopic (exact) mass is 735 g/mol. The van der Waals surface area contributed by atoms with Gasteiger partial charge in [-0.25, -0.2) is 0 Å². The lowest BCUT2D eigenvalue weighted by atomic mass is 10.0. The summed E-state index contributed by atoms with van der Waals surface area (Å²) in [5, 5.41) is 4.29. The van der Waals surface area contributed by atoms with Crippen molar-refractivity contribution in [3.05, 3.63) is 101 Å². The van der Waals surface area contributed by atoms with E-state index < -0.39 is 5.96 Å². The third-order valence-corrected chi connectivity index (χ3v) is 16.5. The minimum atomic E-state index is -1.97. The maximum atomic E-state index is 6.16. The molecule has 4 heteroatoms. The molecule has 0 heterocycles. The first-order chi connectivity index (χ1) is 23.4. The Morgan fingerprint density at radius 3 is 1.67 bits per heavy atom. The van der Waals surface area contributed by atoms with E-state index in [-0.39, 0.29) is 6.29 Å². The highest BCUT2D eigenvalue weighted by Gasteiger charge is 2.47. The van der Waals surface area contributed by atoms with E-state index in [0.717, 1.165) is 45.3 Å². The Hall–Kier alpha value is -1.77. The lowest BCUT2D eigenvalue weighted by Crippen LogP contribution is -2.31. The fraction of sp³-hybridized carbons (Fsp3) is 0.545. The molecule has 3 aromatic rings. The van der Waals surface area contributed by atoms with Crippen LogP contribution in [-0.4, -0.2) is 19.5 Å². The molecule has 0 aliphatic carbocycles. The van der Waals surface area contributed by atoms with Crippen LogP contribution in [-0.2, 0) is 15.9 Å². The molecule has 0 unspecified atom stereocenters. The number of aryl methyl sites for hydroxylation is 3. The number of unbranched alkanes of at least 4 members (excludes halogenated alkanes) is 10. The van der Waals surface area contributed by atoms with E-state index in [2.05, 4.69) is 129 Å². The van der Waals surface area contributed by atoms with E-state index >= 15 is 0 Å². The predicted molar refractivity (Wildman–Crippen MR) is 217 cm³/mol. The van der Waals surface area contributed by atoms with Gasteiger partial charge in [0.2, 0.25) is 0 Å². The van der Waals surface area contributed by atoms with Crippen LogP contribution in [0.1, 0.15) is 132 Å². The van der Waals surface area contributed by atoms with Crippen LogP contribution in [0.2, 0.25) is 0 Å². The number of ether oxygens (including phenoxy) is 2. The predicted octanol–water partition coefficient (Wildman–Crippen LogP) is 12.6. The van der Waals surface area contributed by atoms with Crippen LogP contribution in [0, 0.1) is 20.8 Å². The molecular formula is C44H65BrO2P+. The topological polar surface area (TPSA) is 18.5 Å². The highest BCUT2D eigenvalue weighted by Crippen LogP contribution is 2.64. The van der Waals surface area contributed by atoms with Crippen molar-refractivity contribution in [3.63, 3.8) is 0 Å². The van der Waals surface area contributed by atoms with Crippen LogP contribution in [0.15, 0.2) is 78.9 Å². The summed E-state index contributed by atoms with van der Waals surface area (Å²) in [5.74, 6) is -1.97. The van der Waals surface area contributed by atoms with Crippen LogP contribution in [0.5, 0.6) is 0 Å². The molecule has 0 atom stereocenters. The van der Waals surface area contributed by atoms with Crippen LogP contribution < -0.4 is 15.9 Å². The third-order valence-electron chi connectivity index (χ3n) is 9.54. The van der Waals surface area contributed by atoms with E-state index in [1.54, 1.807) is 0 Å². The van der Waals surface area contributed by atoms with Gasteiger partial charge in [-0.1, -0.05) is 119 Å². The SMILES string of the molecule is CCCCCCOC(CCCCC/C=C/CCCc1cccc([P+](Br)(c2ccccc2C)c2ccccc2C)c1C)OCCCCCC. The second-order valence-corrected chi connectivity index (χ2v) is 19.3. The number of hydrogen-bond donors (Lipinski definition) is 0. The largest absolute Gasteiger partial charge is 0.353 e. The van der Waals surface area contributed by atoms with Crippen molar-refractivity contribution in [1.29, 1.82) is 0 Å². The first kappa shape index (κ1) is 40.7. The minimum Gasteiger partial charge on any atom is -0.353 e. The van der Waals surface area contributed by atoms with Gasteiger partial charge in [0, 0.05) is 13.2 Å². The molecule has 0 spiro atoms. The molecule has 0 bridgehead atoms. The van der Waals surface area contributed by atoms with Crippen molar-refractivity contribution in [2.45, 2.75) is 144 Å². The minimum absolute atomic E-state index is 0.0176. The van der Waals surface area contributed by atoms with Crippen molar-refractivity contribution in [2.75, 3.05) is 13.2 Å². The van der Waals surface area contributed by atoms with Gasteiger partial charge in [0.25, 0.3) is 0 Å². The number of rotatable bonds is 25. The second-order valence-electron chi connectivity index (χ2n) is 13.5. The Balaban J connectivity index is 1.47. The zero-order chi connectivity index (χ0) is 34.5. The van der Waals surface area contributed by atoms with Gasteiger partial charge in [-0.15, -0.1) is 0 Å². The van der Waals surface area contributed by atoms with E-state index in [9.17, 15) is 0 Å². The summed E-state index contributed by atoms with van der Waals surface area (Å²) >= 11 is 4.46. The van der Waals surface area contributed by atoms with Crippen molar-refractivity contribution in [2.24, 2.45) is 0 Å². The van der Waals surface area contributed by atoms with Gasteiger partial charge in [0.1, 0.15) is 15.9 Å². The number of allylic oxidation sites excluding steroid dienone is 2. The smallest absolute Gasteiger partial charge is 0.181 e. The summed E-state index contributed by atoms with van der Waals surface area (Å²) in [7, 11) is 0. The van der Waals surface area contributed by atoms with Crippen LogP contribution in [0.25, 0.3) is 0 Å². The quantitative estimate of drug-likeness (QED) is 0.0373. The average molecular weight is 737 g/mol. The number of hydrogen-bond acceptors (Lipinski definition) is 2. The van der Waals surface area contributed by atoms with Crippen LogP contribution in [0.3, 0.4) is 0 Å². The Bertz CT molecular complexity index is 1280. The Labute approximate surface area is 303 Å². The molecule has 0 saturated heterocycles. The maximum absolute atomic E-state index is 6.16. The number of halogens is 1. The summed E-state index contributed by atoms with van der Waals surface area (Å²) in [4.78, 5) is 0.